The molecule has 0 saturated heterocycles. The predicted molar refractivity (Wildman–Crippen MR) is 143 cm³/mol. The summed E-state index contributed by atoms with van der Waals surface area (Å²) < 4.78 is 7.96. The van der Waals surface area contributed by atoms with Crippen LogP contribution in [0.2, 0.25) is 0 Å². The van der Waals surface area contributed by atoms with Gasteiger partial charge < -0.3 is 14.9 Å². The van der Waals surface area contributed by atoms with E-state index in [-0.39, 0.29) is 16.9 Å². The van der Waals surface area contributed by atoms with Gasteiger partial charge in [0.2, 0.25) is 0 Å². The van der Waals surface area contributed by atoms with E-state index in [4.69, 9.17) is 4.74 Å². The second-order valence-corrected chi connectivity index (χ2v) is 9.60. The molecule has 0 aromatic heterocycles. The zero-order valence-electron chi connectivity index (χ0n) is 17.0. The Morgan fingerprint density at radius 2 is 1.03 bits per heavy atom. The Labute approximate surface area is 217 Å². The fourth-order valence-electron chi connectivity index (χ4n) is 3.46. The van der Waals surface area contributed by atoms with Crippen molar-refractivity contribution in [1.29, 1.82) is 0 Å². The molecule has 0 saturated carbocycles. The maximum Gasteiger partial charge on any atom is 0.340 e. The quantitative estimate of drug-likeness (QED) is 0.210. The van der Waals surface area contributed by atoms with Gasteiger partial charge in [0.25, 0.3) is 0 Å². The smallest absolute Gasteiger partial charge is 0.340 e. The minimum atomic E-state index is -1.37. The summed E-state index contributed by atoms with van der Waals surface area (Å²) >= 11 is 4.40. The zero-order chi connectivity index (χ0) is 23.5. The maximum atomic E-state index is 12.1. The molecule has 7 heteroatoms. The van der Waals surface area contributed by atoms with Crippen LogP contribution in [0.3, 0.4) is 0 Å². The molecule has 0 radical (unpaired) electrons. The number of ether oxygens (including phenoxy) is 1. The van der Waals surface area contributed by atoms with Gasteiger partial charge in [-0.05, 0) is 116 Å². The molecule has 164 valence electrons. The number of aromatic carboxylic acids is 2. The van der Waals surface area contributed by atoms with Crippen molar-refractivity contribution >= 4 is 57.1 Å². The Morgan fingerprint density at radius 3 is 1.52 bits per heavy atom. The lowest BCUT2D eigenvalue weighted by atomic mass is 9.94. The van der Waals surface area contributed by atoms with Crippen molar-refractivity contribution < 1.29 is 24.5 Å². The Hall–Kier alpha value is -2.92. The summed E-state index contributed by atoms with van der Waals surface area (Å²) in [6.45, 7) is 0. The van der Waals surface area contributed by atoms with Gasteiger partial charge in [-0.25, -0.2) is 9.59 Å². The summed E-state index contributed by atoms with van der Waals surface area (Å²) in [6.07, 6.45) is 0. The molecule has 4 rings (SSSR count). The van der Waals surface area contributed by atoms with Gasteiger partial charge in [0.15, 0.2) is 0 Å². The SMILES string of the molecule is O=C(O)c1c(Oc2ccc(-c3ccc(I)cc3)cc2)ccc(-c2ccc(I)cc2)c1C(=O)O. The number of carboxylic acid groups (broad SMARTS) is 2. The number of carboxylic acids is 2. The third-order valence-corrected chi connectivity index (χ3v) is 6.45. The fraction of sp³-hybridized carbons (Fsp3) is 0. The van der Waals surface area contributed by atoms with Crippen molar-refractivity contribution in [2.75, 3.05) is 0 Å². The van der Waals surface area contributed by atoms with Crippen molar-refractivity contribution in [3.63, 3.8) is 0 Å². The molecule has 0 aliphatic rings. The Balaban J connectivity index is 1.72. The van der Waals surface area contributed by atoms with Crippen LogP contribution >= 0.6 is 45.2 Å². The number of carbonyl (C=O) groups is 2. The van der Waals surface area contributed by atoms with Gasteiger partial charge >= 0.3 is 11.9 Å². The van der Waals surface area contributed by atoms with E-state index in [1.807, 2.05) is 48.5 Å². The molecule has 0 amide bonds. The van der Waals surface area contributed by atoms with Gasteiger partial charge in [0.1, 0.15) is 17.1 Å². The van der Waals surface area contributed by atoms with Crippen LogP contribution in [0.1, 0.15) is 20.7 Å². The van der Waals surface area contributed by atoms with Gasteiger partial charge in [-0.2, -0.15) is 0 Å². The van der Waals surface area contributed by atoms with Gasteiger partial charge in [-0.15, -0.1) is 0 Å². The van der Waals surface area contributed by atoms with E-state index >= 15 is 0 Å². The zero-order valence-corrected chi connectivity index (χ0v) is 21.3. The van der Waals surface area contributed by atoms with Gasteiger partial charge in [-0.1, -0.05) is 36.4 Å². The number of hydrogen-bond acceptors (Lipinski definition) is 3. The van der Waals surface area contributed by atoms with E-state index in [0.29, 0.717) is 16.9 Å². The molecule has 0 heterocycles. The lowest BCUT2D eigenvalue weighted by Crippen LogP contribution is -2.11. The van der Waals surface area contributed by atoms with Crippen LogP contribution in [-0.4, -0.2) is 22.2 Å². The molecule has 4 aromatic rings. The van der Waals surface area contributed by atoms with Crippen LogP contribution in [0.25, 0.3) is 22.3 Å². The highest BCUT2D eigenvalue weighted by Crippen LogP contribution is 2.35. The summed E-state index contributed by atoms with van der Waals surface area (Å²) in [4.78, 5) is 24.2. The van der Waals surface area contributed by atoms with E-state index in [1.165, 1.54) is 6.07 Å². The number of halogens is 2. The van der Waals surface area contributed by atoms with E-state index in [0.717, 1.165) is 18.3 Å². The largest absolute Gasteiger partial charge is 0.478 e. The second kappa shape index (κ2) is 9.92. The molecule has 0 atom stereocenters. The van der Waals surface area contributed by atoms with Crippen molar-refractivity contribution in [2.45, 2.75) is 0 Å². The summed E-state index contributed by atoms with van der Waals surface area (Å²) in [6, 6.07) is 25.5. The van der Waals surface area contributed by atoms with Crippen LogP contribution < -0.4 is 4.74 Å². The van der Waals surface area contributed by atoms with Crippen LogP contribution in [-0.2, 0) is 0 Å². The van der Waals surface area contributed by atoms with E-state index in [2.05, 4.69) is 45.2 Å². The summed E-state index contributed by atoms with van der Waals surface area (Å²) in [5.41, 5.74) is 2.26. The monoisotopic (exact) mass is 662 g/mol. The fourth-order valence-corrected chi connectivity index (χ4v) is 4.18. The van der Waals surface area contributed by atoms with Crippen LogP contribution in [0.4, 0.5) is 0 Å². The van der Waals surface area contributed by atoms with Crippen LogP contribution in [0.5, 0.6) is 11.5 Å². The van der Waals surface area contributed by atoms with Gasteiger partial charge in [0, 0.05) is 7.14 Å². The molecule has 33 heavy (non-hydrogen) atoms. The highest BCUT2D eigenvalue weighted by Gasteiger charge is 2.26. The first-order chi connectivity index (χ1) is 15.8. The van der Waals surface area contributed by atoms with Crippen molar-refractivity contribution in [3.05, 3.63) is 103 Å². The van der Waals surface area contributed by atoms with Gasteiger partial charge in [-0.3, -0.25) is 0 Å². The molecule has 2 N–H and O–H groups in total. The molecule has 0 aliphatic heterocycles. The van der Waals surface area contributed by atoms with Crippen LogP contribution in [0.15, 0.2) is 84.9 Å². The highest BCUT2D eigenvalue weighted by atomic mass is 127. The van der Waals surface area contributed by atoms with Crippen molar-refractivity contribution in [3.8, 4) is 33.8 Å². The molecule has 0 fully saturated rings. The molecule has 5 nitrogen and oxygen atoms in total. The summed E-state index contributed by atoms with van der Waals surface area (Å²) in [7, 11) is 0. The summed E-state index contributed by atoms with van der Waals surface area (Å²) in [5.74, 6) is -2.33. The third-order valence-electron chi connectivity index (χ3n) is 5.01. The predicted octanol–water partition coefficient (Wildman–Crippen LogP) is 7.42. The lowest BCUT2D eigenvalue weighted by Gasteiger charge is -2.15. The first-order valence-electron chi connectivity index (χ1n) is 9.77. The molecule has 0 aliphatic carbocycles. The van der Waals surface area contributed by atoms with Crippen molar-refractivity contribution in [2.24, 2.45) is 0 Å². The first kappa shape index (κ1) is 23.2. The molecule has 4 aromatic carbocycles. The van der Waals surface area contributed by atoms with Gasteiger partial charge in [0.05, 0.1) is 5.56 Å². The Bertz CT molecular complexity index is 1330. The normalized spacial score (nSPS) is 10.6. The second-order valence-electron chi connectivity index (χ2n) is 7.11. The average molecular weight is 662 g/mol. The number of hydrogen-bond donors (Lipinski definition) is 2. The van der Waals surface area contributed by atoms with Crippen molar-refractivity contribution in [1.82, 2.24) is 0 Å². The van der Waals surface area contributed by atoms with Crippen LogP contribution in [0, 0.1) is 7.14 Å². The Morgan fingerprint density at radius 1 is 0.576 bits per heavy atom. The molecular formula is C26H16I2O5. The molecular weight excluding hydrogens is 646 g/mol. The van der Waals surface area contributed by atoms with E-state index < -0.39 is 11.9 Å². The third kappa shape index (κ3) is 5.19. The minimum Gasteiger partial charge on any atom is -0.478 e. The summed E-state index contributed by atoms with van der Waals surface area (Å²) in [5, 5.41) is 19.7. The van der Waals surface area contributed by atoms with E-state index in [9.17, 15) is 19.8 Å². The minimum absolute atomic E-state index is 0.0313. The number of rotatable bonds is 6. The topological polar surface area (TPSA) is 83.8 Å². The standard InChI is InChI=1S/C26H16I2O5/c27-18-7-1-15(2-8-18)16-5-11-20(12-6-16)33-22-14-13-21(17-3-9-19(28)10-4-17)23(25(29)30)24(22)26(31)32/h1-14H,(H,29,30)(H,31,32). The first-order valence-corrected chi connectivity index (χ1v) is 11.9. The lowest BCUT2D eigenvalue weighted by molar-refractivity contribution is 0.0649. The average Bonchev–Trinajstić information content (AvgIpc) is 2.80. The Kier molecular flexibility index (Phi) is 6.99. The van der Waals surface area contributed by atoms with E-state index in [1.54, 1.807) is 30.3 Å². The molecule has 0 unspecified atom stereocenters. The highest BCUT2D eigenvalue weighted by molar-refractivity contribution is 14.1. The molecule has 0 bridgehead atoms. The maximum absolute atomic E-state index is 12.1. The molecule has 0 spiro atoms. The number of benzene rings is 4.